The molecule has 1 fully saturated rings. The zero-order valence-corrected chi connectivity index (χ0v) is 16.6. The zero-order chi connectivity index (χ0) is 20.4. The predicted molar refractivity (Wildman–Crippen MR) is 109 cm³/mol. The number of nitrogens with zero attached hydrogens (tertiary/aromatic N) is 1. The molecule has 6 heteroatoms. The Hall–Kier alpha value is -3.15. The molecule has 1 amide bonds. The summed E-state index contributed by atoms with van der Waals surface area (Å²) in [6.07, 6.45) is 3.33. The molecule has 0 bridgehead atoms. The van der Waals surface area contributed by atoms with Gasteiger partial charge in [0.1, 0.15) is 11.5 Å². The van der Waals surface area contributed by atoms with Crippen LogP contribution in [0.15, 0.2) is 46.9 Å². The molecule has 1 saturated carbocycles. The van der Waals surface area contributed by atoms with Crippen LogP contribution in [-0.4, -0.2) is 29.0 Å². The first kappa shape index (κ1) is 19.2. The van der Waals surface area contributed by atoms with Gasteiger partial charge in [0.25, 0.3) is 5.91 Å². The number of furan rings is 1. The van der Waals surface area contributed by atoms with Gasteiger partial charge in [-0.15, -0.1) is 0 Å². The van der Waals surface area contributed by atoms with Crippen molar-refractivity contribution in [2.24, 2.45) is 0 Å². The number of carbonyl (C=O) groups excluding carboxylic acids is 2. The largest absolute Gasteiger partial charge is 0.460 e. The molecule has 0 saturated heterocycles. The van der Waals surface area contributed by atoms with Crippen molar-refractivity contribution >= 4 is 22.8 Å². The van der Waals surface area contributed by atoms with Crippen LogP contribution < -0.4 is 5.32 Å². The number of hydrogen-bond acceptors (Lipinski definition) is 5. The minimum atomic E-state index is -0.871. The molecular weight excluding hydrogens is 368 g/mol. The van der Waals surface area contributed by atoms with Crippen LogP contribution in [0.3, 0.4) is 0 Å². The lowest BCUT2D eigenvalue weighted by atomic mass is 10.1. The lowest BCUT2D eigenvalue weighted by Crippen LogP contribution is -2.40. The third-order valence-electron chi connectivity index (χ3n) is 5.28. The third kappa shape index (κ3) is 4.16. The van der Waals surface area contributed by atoms with Crippen molar-refractivity contribution in [1.29, 1.82) is 0 Å². The first-order valence-electron chi connectivity index (χ1n) is 9.99. The predicted octanol–water partition coefficient (Wildman–Crippen LogP) is 4.41. The molecule has 2 aromatic heterocycles. The van der Waals surface area contributed by atoms with Crippen LogP contribution in [0.25, 0.3) is 22.4 Å². The van der Waals surface area contributed by atoms with Crippen LogP contribution in [0.2, 0.25) is 0 Å². The van der Waals surface area contributed by atoms with Crippen molar-refractivity contribution < 1.29 is 18.7 Å². The summed E-state index contributed by atoms with van der Waals surface area (Å²) >= 11 is 0. The van der Waals surface area contributed by atoms with Crippen LogP contribution in [-0.2, 0) is 9.53 Å². The van der Waals surface area contributed by atoms with Crippen molar-refractivity contribution in [2.45, 2.75) is 51.7 Å². The summed E-state index contributed by atoms with van der Waals surface area (Å²) in [6, 6.07) is 12.9. The van der Waals surface area contributed by atoms with E-state index in [2.05, 4.69) is 10.3 Å². The Labute approximate surface area is 169 Å². The highest BCUT2D eigenvalue weighted by Crippen LogP contribution is 2.27. The molecule has 150 valence electrons. The Balaban J connectivity index is 1.59. The first-order chi connectivity index (χ1) is 14.0. The van der Waals surface area contributed by atoms with Crippen LogP contribution in [0.5, 0.6) is 0 Å². The molecule has 1 atom stereocenters. The van der Waals surface area contributed by atoms with Crippen molar-refractivity contribution in [3.05, 3.63) is 53.8 Å². The summed E-state index contributed by atoms with van der Waals surface area (Å²) in [6.45, 7) is 3.45. The van der Waals surface area contributed by atoms with Gasteiger partial charge >= 0.3 is 5.97 Å². The lowest BCUT2D eigenvalue weighted by Gasteiger charge is -2.17. The Kier molecular flexibility index (Phi) is 5.34. The minimum Gasteiger partial charge on any atom is -0.460 e. The Morgan fingerprint density at radius 1 is 1.17 bits per heavy atom. The van der Waals surface area contributed by atoms with E-state index < -0.39 is 12.1 Å². The molecular formula is C23H24N2O4. The number of ether oxygens (including phenoxy) is 1. The summed E-state index contributed by atoms with van der Waals surface area (Å²) in [4.78, 5) is 29.9. The normalized spacial score (nSPS) is 15.4. The van der Waals surface area contributed by atoms with Gasteiger partial charge in [0.2, 0.25) is 0 Å². The maximum atomic E-state index is 12.9. The molecule has 1 unspecified atom stereocenters. The zero-order valence-electron chi connectivity index (χ0n) is 16.6. The first-order valence-corrected chi connectivity index (χ1v) is 9.99. The Morgan fingerprint density at radius 2 is 1.93 bits per heavy atom. The van der Waals surface area contributed by atoms with Crippen LogP contribution in [0, 0.1) is 6.92 Å². The van der Waals surface area contributed by atoms with Gasteiger partial charge in [-0.1, -0.05) is 31.0 Å². The van der Waals surface area contributed by atoms with E-state index in [1.807, 2.05) is 43.3 Å². The molecule has 0 aliphatic heterocycles. The fourth-order valence-corrected chi connectivity index (χ4v) is 3.71. The van der Waals surface area contributed by atoms with Gasteiger partial charge in [-0.3, -0.25) is 4.79 Å². The fourth-order valence-electron chi connectivity index (χ4n) is 3.71. The van der Waals surface area contributed by atoms with Crippen molar-refractivity contribution in [3.63, 3.8) is 0 Å². The number of pyridine rings is 1. The molecule has 1 aromatic carbocycles. The summed E-state index contributed by atoms with van der Waals surface area (Å²) in [5.41, 5.74) is 1.57. The van der Waals surface area contributed by atoms with E-state index in [1.165, 1.54) is 0 Å². The number of rotatable bonds is 5. The smallest absolute Gasteiger partial charge is 0.339 e. The average Bonchev–Trinajstić information content (AvgIpc) is 3.38. The molecule has 0 radical (unpaired) electrons. The topological polar surface area (TPSA) is 81.4 Å². The molecule has 2 heterocycles. The maximum Gasteiger partial charge on any atom is 0.339 e. The molecule has 3 aromatic rings. The number of aryl methyl sites for hydroxylation is 1. The fraction of sp³-hybridized carbons (Fsp3) is 0.348. The summed E-state index contributed by atoms with van der Waals surface area (Å²) < 4.78 is 11.2. The second-order valence-electron chi connectivity index (χ2n) is 7.52. The number of carbonyl (C=O) groups is 2. The Bertz CT molecular complexity index is 1050. The quantitative estimate of drug-likeness (QED) is 0.651. The number of para-hydroxylation sites is 1. The van der Waals surface area contributed by atoms with Crippen LogP contribution in [0.4, 0.5) is 0 Å². The second kappa shape index (κ2) is 8.07. The van der Waals surface area contributed by atoms with Gasteiger partial charge in [0.15, 0.2) is 11.9 Å². The summed E-state index contributed by atoms with van der Waals surface area (Å²) in [7, 11) is 0. The van der Waals surface area contributed by atoms with Crippen molar-refractivity contribution in [2.75, 3.05) is 0 Å². The molecule has 29 heavy (non-hydrogen) atoms. The highest BCUT2D eigenvalue weighted by molar-refractivity contribution is 6.05. The third-order valence-corrected chi connectivity index (χ3v) is 5.28. The van der Waals surface area contributed by atoms with E-state index in [0.717, 1.165) is 31.4 Å². The number of aromatic nitrogens is 1. The second-order valence-corrected chi connectivity index (χ2v) is 7.52. The summed E-state index contributed by atoms with van der Waals surface area (Å²) in [5.74, 6) is 0.526. The van der Waals surface area contributed by atoms with Crippen LogP contribution in [0.1, 0.15) is 48.7 Å². The monoisotopic (exact) mass is 392 g/mol. The highest BCUT2D eigenvalue weighted by atomic mass is 16.5. The van der Waals surface area contributed by atoms with Crippen molar-refractivity contribution in [3.8, 4) is 11.5 Å². The van der Waals surface area contributed by atoms with Gasteiger partial charge in [-0.25, -0.2) is 9.78 Å². The maximum absolute atomic E-state index is 12.9. The van der Waals surface area contributed by atoms with E-state index >= 15 is 0 Å². The molecule has 4 rings (SSSR count). The van der Waals surface area contributed by atoms with Crippen LogP contribution >= 0.6 is 0 Å². The standard InChI is InChI=1S/C23H24N2O4/c1-14-11-12-21(28-14)20-13-18(17-9-5-6-10-19(17)25-20)23(27)29-15(2)22(26)24-16-7-3-4-8-16/h5-6,9-13,15-16H,3-4,7-8H2,1-2H3,(H,24,26). The lowest BCUT2D eigenvalue weighted by molar-refractivity contribution is -0.129. The summed E-state index contributed by atoms with van der Waals surface area (Å²) in [5, 5.41) is 3.64. The molecule has 1 aliphatic carbocycles. The van der Waals surface area contributed by atoms with Gasteiger partial charge in [0, 0.05) is 11.4 Å². The van der Waals surface area contributed by atoms with E-state index in [9.17, 15) is 9.59 Å². The number of nitrogens with one attached hydrogen (secondary N) is 1. The van der Waals surface area contributed by atoms with E-state index in [4.69, 9.17) is 9.15 Å². The number of esters is 1. The van der Waals surface area contributed by atoms with Gasteiger partial charge < -0.3 is 14.5 Å². The molecule has 6 nitrogen and oxygen atoms in total. The average molecular weight is 392 g/mol. The van der Waals surface area contributed by atoms with Gasteiger partial charge in [0.05, 0.1) is 11.1 Å². The molecule has 0 spiro atoms. The highest BCUT2D eigenvalue weighted by Gasteiger charge is 2.25. The van der Waals surface area contributed by atoms with E-state index in [0.29, 0.717) is 27.9 Å². The number of amides is 1. The van der Waals surface area contributed by atoms with E-state index in [-0.39, 0.29) is 11.9 Å². The number of benzene rings is 1. The SMILES string of the molecule is Cc1ccc(-c2cc(C(=O)OC(C)C(=O)NC3CCCC3)c3ccccc3n2)o1. The number of hydrogen-bond donors (Lipinski definition) is 1. The Morgan fingerprint density at radius 3 is 2.66 bits per heavy atom. The van der Waals surface area contributed by atoms with Gasteiger partial charge in [-0.05, 0) is 51.0 Å². The minimum absolute atomic E-state index is 0.180. The van der Waals surface area contributed by atoms with Gasteiger partial charge in [-0.2, -0.15) is 0 Å². The molecule has 1 aliphatic rings. The number of fused-ring (bicyclic) bond motifs is 1. The van der Waals surface area contributed by atoms with Crippen molar-refractivity contribution in [1.82, 2.24) is 10.3 Å². The molecule has 1 N–H and O–H groups in total. The van der Waals surface area contributed by atoms with E-state index in [1.54, 1.807) is 13.0 Å².